The monoisotopic (exact) mass is 364 g/mol. The zero-order valence-electron chi connectivity index (χ0n) is 13.7. The summed E-state index contributed by atoms with van der Waals surface area (Å²) in [5.41, 5.74) is 3.66. The number of halogens is 1. The molecular weight excluding hydrogens is 343 g/mol. The summed E-state index contributed by atoms with van der Waals surface area (Å²) in [7, 11) is 2.10. The van der Waals surface area contributed by atoms with Crippen LogP contribution in [0.3, 0.4) is 0 Å². The van der Waals surface area contributed by atoms with Crippen LogP contribution in [0, 0.1) is 11.8 Å². The van der Waals surface area contributed by atoms with E-state index in [0.717, 1.165) is 22.9 Å². The van der Waals surface area contributed by atoms with Gasteiger partial charge in [-0.25, -0.2) is 0 Å². The summed E-state index contributed by atoms with van der Waals surface area (Å²) in [5, 5.41) is 0. The molecule has 0 saturated carbocycles. The molecule has 0 heterocycles. The minimum absolute atomic E-state index is 0.990. The zero-order valence-corrected chi connectivity index (χ0v) is 15.3. The first-order chi connectivity index (χ1) is 11.2. The SMILES string of the molecule is Bc1ccc(C#CCCCCCC=Cc2ccc(Br)cc2)cc1. The second-order valence-corrected chi connectivity index (χ2v) is 6.64. The summed E-state index contributed by atoms with van der Waals surface area (Å²) >= 11 is 3.45. The molecule has 0 atom stereocenters. The summed E-state index contributed by atoms with van der Waals surface area (Å²) in [4.78, 5) is 0. The van der Waals surface area contributed by atoms with Crippen LogP contribution in [0.5, 0.6) is 0 Å². The smallest absolute Gasteiger partial charge is 0.0979 e. The van der Waals surface area contributed by atoms with Crippen LogP contribution in [-0.4, -0.2) is 7.85 Å². The zero-order chi connectivity index (χ0) is 16.3. The van der Waals surface area contributed by atoms with Gasteiger partial charge in [0.1, 0.15) is 7.85 Å². The van der Waals surface area contributed by atoms with E-state index in [-0.39, 0.29) is 0 Å². The van der Waals surface area contributed by atoms with Crippen molar-refractivity contribution in [3.63, 3.8) is 0 Å². The third-order valence-electron chi connectivity index (χ3n) is 3.64. The van der Waals surface area contributed by atoms with Crippen molar-refractivity contribution in [3.05, 3.63) is 70.2 Å². The molecule has 2 aromatic rings. The molecule has 0 aliphatic heterocycles. The van der Waals surface area contributed by atoms with Crippen LogP contribution < -0.4 is 5.46 Å². The summed E-state index contributed by atoms with van der Waals surface area (Å²) in [6, 6.07) is 16.8. The molecule has 0 aliphatic carbocycles. The molecule has 0 radical (unpaired) electrons. The van der Waals surface area contributed by atoms with Crippen molar-refractivity contribution >= 4 is 35.3 Å². The first-order valence-electron chi connectivity index (χ1n) is 8.22. The first kappa shape index (κ1) is 17.6. The fourth-order valence-electron chi connectivity index (χ4n) is 2.25. The Kier molecular flexibility index (Phi) is 7.77. The van der Waals surface area contributed by atoms with Crippen molar-refractivity contribution in [2.24, 2.45) is 0 Å². The predicted molar refractivity (Wildman–Crippen MR) is 108 cm³/mol. The van der Waals surface area contributed by atoms with E-state index in [4.69, 9.17) is 0 Å². The fraction of sp³-hybridized carbons (Fsp3) is 0.238. The van der Waals surface area contributed by atoms with Crippen molar-refractivity contribution in [1.82, 2.24) is 0 Å². The molecule has 0 N–H and O–H groups in total. The lowest BCUT2D eigenvalue weighted by Crippen LogP contribution is -1.99. The summed E-state index contributed by atoms with van der Waals surface area (Å²) < 4.78 is 1.13. The molecular formula is C21H22BBr. The van der Waals surface area contributed by atoms with Crippen molar-refractivity contribution in [3.8, 4) is 11.8 Å². The van der Waals surface area contributed by atoms with Gasteiger partial charge in [-0.05, 0) is 49.1 Å². The summed E-state index contributed by atoms with van der Waals surface area (Å²) in [6.07, 6.45) is 10.3. The second-order valence-electron chi connectivity index (χ2n) is 5.72. The second kappa shape index (κ2) is 10.1. The van der Waals surface area contributed by atoms with E-state index in [2.05, 4.69) is 96.3 Å². The van der Waals surface area contributed by atoms with Gasteiger partial charge in [-0.3, -0.25) is 0 Å². The quantitative estimate of drug-likeness (QED) is 0.395. The molecule has 0 nitrogen and oxygen atoms in total. The maximum atomic E-state index is 3.45. The Morgan fingerprint density at radius 2 is 1.65 bits per heavy atom. The van der Waals surface area contributed by atoms with Gasteiger partial charge in [0.25, 0.3) is 0 Å². The Morgan fingerprint density at radius 1 is 0.913 bits per heavy atom. The van der Waals surface area contributed by atoms with Crippen molar-refractivity contribution in [1.29, 1.82) is 0 Å². The Morgan fingerprint density at radius 3 is 2.39 bits per heavy atom. The minimum atomic E-state index is 0.990. The van der Waals surface area contributed by atoms with E-state index in [9.17, 15) is 0 Å². The lowest BCUT2D eigenvalue weighted by atomic mass is 9.95. The predicted octanol–water partition coefficient (Wildman–Crippen LogP) is 4.72. The van der Waals surface area contributed by atoms with E-state index >= 15 is 0 Å². The third-order valence-corrected chi connectivity index (χ3v) is 4.17. The van der Waals surface area contributed by atoms with Crippen molar-refractivity contribution in [2.75, 3.05) is 0 Å². The Labute approximate surface area is 149 Å². The Hall–Kier alpha value is -1.72. The third kappa shape index (κ3) is 7.39. The van der Waals surface area contributed by atoms with Gasteiger partial charge in [-0.15, -0.1) is 0 Å². The van der Waals surface area contributed by atoms with E-state index < -0.39 is 0 Å². The van der Waals surface area contributed by atoms with Crippen LogP contribution in [0.1, 0.15) is 43.2 Å². The highest BCUT2D eigenvalue weighted by Crippen LogP contribution is 2.12. The Balaban J connectivity index is 1.57. The highest BCUT2D eigenvalue weighted by molar-refractivity contribution is 9.10. The lowest BCUT2D eigenvalue weighted by Gasteiger charge is -1.96. The highest BCUT2D eigenvalue weighted by Gasteiger charge is 1.89. The maximum absolute atomic E-state index is 3.45. The molecule has 0 aromatic heterocycles. The lowest BCUT2D eigenvalue weighted by molar-refractivity contribution is 0.703. The molecule has 2 rings (SSSR count). The van der Waals surface area contributed by atoms with Gasteiger partial charge < -0.3 is 0 Å². The minimum Gasteiger partial charge on any atom is -0.0979 e. The number of unbranched alkanes of at least 4 members (excludes halogenated alkanes) is 4. The number of hydrogen-bond donors (Lipinski definition) is 0. The number of hydrogen-bond acceptors (Lipinski definition) is 0. The fourth-order valence-corrected chi connectivity index (χ4v) is 2.51. The number of allylic oxidation sites excluding steroid dienone is 1. The molecule has 2 aromatic carbocycles. The van der Waals surface area contributed by atoms with Gasteiger partial charge in [-0.1, -0.05) is 76.1 Å². The molecule has 0 spiro atoms. The van der Waals surface area contributed by atoms with Gasteiger partial charge in [0.15, 0.2) is 0 Å². The van der Waals surface area contributed by atoms with Gasteiger partial charge in [0.05, 0.1) is 0 Å². The molecule has 0 fully saturated rings. The van der Waals surface area contributed by atoms with Crippen LogP contribution >= 0.6 is 15.9 Å². The van der Waals surface area contributed by atoms with E-state index in [1.54, 1.807) is 0 Å². The molecule has 116 valence electrons. The largest absolute Gasteiger partial charge is 0.139 e. The maximum Gasteiger partial charge on any atom is 0.139 e. The summed E-state index contributed by atoms with van der Waals surface area (Å²) in [6.45, 7) is 0. The molecule has 2 heteroatoms. The first-order valence-corrected chi connectivity index (χ1v) is 9.01. The molecule has 0 saturated heterocycles. The average molecular weight is 365 g/mol. The van der Waals surface area contributed by atoms with Crippen LogP contribution in [0.15, 0.2) is 59.1 Å². The van der Waals surface area contributed by atoms with Crippen LogP contribution in [0.4, 0.5) is 0 Å². The van der Waals surface area contributed by atoms with Crippen molar-refractivity contribution in [2.45, 2.75) is 32.1 Å². The van der Waals surface area contributed by atoms with Crippen LogP contribution in [0.2, 0.25) is 0 Å². The highest BCUT2D eigenvalue weighted by atomic mass is 79.9. The Bertz CT molecular complexity index is 673. The number of rotatable bonds is 6. The molecule has 23 heavy (non-hydrogen) atoms. The molecule has 0 aliphatic rings. The normalized spacial score (nSPS) is 10.5. The standard InChI is InChI=1S/C21H22BBr/c22-20-14-10-18(11-15-20)8-6-4-2-1-3-5-7-9-19-12-16-21(23)17-13-19/h7,9-17H,1-5,22H2. The summed E-state index contributed by atoms with van der Waals surface area (Å²) in [5.74, 6) is 6.50. The molecule has 0 bridgehead atoms. The van der Waals surface area contributed by atoms with Crippen LogP contribution in [-0.2, 0) is 0 Å². The molecule has 0 amide bonds. The van der Waals surface area contributed by atoms with Gasteiger partial charge in [0.2, 0.25) is 0 Å². The number of benzene rings is 2. The van der Waals surface area contributed by atoms with Gasteiger partial charge in [0, 0.05) is 16.5 Å². The van der Waals surface area contributed by atoms with Gasteiger partial charge in [-0.2, -0.15) is 0 Å². The van der Waals surface area contributed by atoms with Crippen molar-refractivity contribution < 1.29 is 0 Å². The van der Waals surface area contributed by atoms with E-state index in [1.807, 2.05) is 0 Å². The average Bonchev–Trinajstić information content (AvgIpc) is 2.56. The molecule has 0 unspecified atom stereocenters. The topological polar surface area (TPSA) is 0 Å². The van der Waals surface area contributed by atoms with E-state index in [0.29, 0.717) is 0 Å². The van der Waals surface area contributed by atoms with Crippen LogP contribution in [0.25, 0.3) is 6.08 Å². The van der Waals surface area contributed by atoms with Gasteiger partial charge >= 0.3 is 0 Å². The van der Waals surface area contributed by atoms with E-state index in [1.165, 1.54) is 30.3 Å².